The standard InChI is InChI=1S/C13H13F4N3O/c1-2-20(5-6-21)11-9-7-8(14)3-4-10(9)18-12(19-11)13(15,16)17/h3-4,7,21H,2,5-6H2,1H3. The van der Waals surface area contributed by atoms with Crippen LogP contribution in [0.2, 0.25) is 0 Å². The molecule has 1 heterocycles. The highest BCUT2D eigenvalue weighted by atomic mass is 19.4. The van der Waals surface area contributed by atoms with Gasteiger partial charge in [-0.1, -0.05) is 0 Å². The Labute approximate surface area is 118 Å². The molecule has 0 saturated carbocycles. The number of hydrogen-bond donors (Lipinski definition) is 1. The minimum absolute atomic E-state index is 0.00474. The fourth-order valence-corrected chi connectivity index (χ4v) is 1.99. The van der Waals surface area contributed by atoms with Gasteiger partial charge in [0.1, 0.15) is 11.6 Å². The zero-order valence-electron chi connectivity index (χ0n) is 11.2. The summed E-state index contributed by atoms with van der Waals surface area (Å²) in [5, 5.41) is 9.18. The van der Waals surface area contributed by atoms with Gasteiger partial charge in [0.2, 0.25) is 5.82 Å². The van der Waals surface area contributed by atoms with Gasteiger partial charge < -0.3 is 10.0 Å². The molecule has 0 unspecified atom stereocenters. The minimum atomic E-state index is -4.70. The number of rotatable bonds is 4. The molecule has 0 spiro atoms. The maximum absolute atomic E-state index is 13.4. The number of nitrogens with zero attached hydrogens (tertiary/aromatic N) is 3. The van der Waals surface area contributed by atoms with Crippen molar-refractivity contribution in [2.24, 2.45) is 0 Å². The van der Waals surface area contributed by atoms with E-state index in [1.54, 1.807) is 6.92 Å². The number of anilines is 1. The first kappa shape index (κ1) is 15.4. The van der Waals surface area contributed by atoms with Gasteiger partial charge in [-0.3, -0.25) is 0 Å². The molecule has 114 valence electrons. The lowest BCUT2D eigenvalue weighted by Crippen LogP contribution is -2.28. The first-order chi connectivity index (χ1) is 9.86. The second-order valence-electron chi connectivity index (χ2n) is 4.33. The highest BCUT2D eigenvalue weighted by molar-refractivity contribution is 5.89. The SMILES string of the molecule is CCN(CCO)c1nc(C(F)(F)F)nc2ccc(F)cc12. The van der Waals surface area contributed by atoms with E-state index in [4.69, 9.17) is 5.11 Å². The van der Waals surface area contributed by atoms with E-state index in [2.05, 4.69) is 9.97 Å². The third-order valence-corrected chi connectivity index (χ3v) is 2.94. The van der Waals surface area contributed by atoms with Crippen molar-refractivity contribution in [3.63, 3.8) is 0 Å². The second kappa shape index (κ2) is 5.80. The normalized spacial score (nSPS) is 11.9. The Bertz CT molecular complexity index is 645. The molecule has 0 aliphatic rings. The predicted octanol–water partition coefficient (Wildman–Crippen LogP) is 2.61. The summed E-state index contributed by atoms with van der Waals surface area (Å²) >= 11 is 0. The van der Waals surface area contributed by atoms with Gasteiger partial charge in [-0.05, 0) is 25.1 Å². The van der Waals surface area contributed by atoms with E-state index in [-0.39, 0.29) is 29.9 Å². The molecule has 0 radical (unpaired) electrons. The van der Waals surface area contributed by atoms with E-state index in [1.165, 1.54) is 11.0 Å². The minimum Gasteiger partial charge on any atom is -0.395 e. The van der Waals surface area contributed by atoms with E-state index < -0.39 is 17.8 Å². The number of benzene rings is 1. The number of aromatic nitrogens is 2. The lowest BCUT2D eigenvalue weighted by atomic mass is 10.2. The highest BCUT2D eigenvalue weighted by Crippen LogP contribution is 2.31. The average molecular weight is 303 g/mol. The van der Waals surface area contributed by atoms with E-state index >= 15 is 0 Å². The van der Waals surface area contributed by atoms with Crippen molar-refractivity contribution in [2.45, 2.75) is 13.1 Å². The van der Waals surface area contributed by atoms with E-state index in [0.717, 1.165) is 12.1 Å². The summed E-state index contributed by atoms with van der Waals surface area (Å²) in [6.45, 7) is 1.86. The molecule has 0 aliphatic heterocycles. The summed E-state index contributed by atoms with van der Waals surface area (Å²) in [7, 11) is 0. The molecule has 1 N–H and O–H groups in total. The van der Waals surface area contributed by atoms with Gasteiger partial charge >= 0.3 is 6.18 Å². The van der Waals surface area contributed by atoms with Gasteiger partial charge in [0.05, 0.1) is 12.1 Å². The Balaban J connectivity index is 2.71. The van der Waals surface area contributed by atoms with Gasteiger partial charge in [0.25, 0.3) is 0 Å². The molecule has 21 heavy (non-hydrogen) atoms. The number of aliphatic hydroxyl groups excluding tert-OH is 1. The van der Waals surface area contributed by atoms with Crippen LogP contribution in [-0.2, 0) is 6.18 Å². The van der Waals surface area contributed by atoms with Crippen LogP contribution in [0.15, 0.2) is 18.2 Å². The molecule has 0 bridgehead atoms. The molecule has 0 saturated heterocycles. The van der Waals surface area contributed by atoms with Gasteiger partial charge in [0.15, 0.2) is 0 Å². The number of likely N-dealkylation sites (N-methyl/N-ethyl adjacent to an activating group) is 1. The summed E-state index contributed by atoms with van der Waals surface area (Å²) in [5.41, 5.74) is 0.00474. The van der Waals surface area contributed by atoms with Crippen LogP contribution in [0.25, 0.3) is 10.9 Å². The topological polar surface area (TPSA) is 49.2 Å². The van der Waals surface area contributed by atoms with Crippen LogP contribution in [0.5, 0.6) is 0 Å². The molecule has 0 aliphatic carbocycles. The van der Waals surface area contributed by atoms with Gasteiger partial charge in [0, 0.05) is 18.5 Å². The average Bonchev–Trinajstić information content (AvgIpc) is 2.42. The Kier molecular flexibility index (Phi) is 4.26. The first-order valence-electron chi connectivity index (χ1n) is 6.27. The van der Waals surface area contributed by atoms with Crippen LogP contribution in [0.1, 0.15) is 12.7 Å². The maximum Gasteiger partial charge on any atom is 0.451 e. The fourth-order valence-electron chi connectivity index (χ4n) is 1.99. The Morgan fingerprint density at radius 3 is 2.52 bits per heavy atom. The maximum atomic E-state index is 13.4. The summed E-state index contributed by atoms with van der Waals surface area (Å²) in [6.07, 6.45) is -4.70. The van der Waals surface area contributed by atoms with Crippen LogP contribution in [0.4, 0.5) is 23.4 Å². The van der Waals surface area contributed by atoms with Crippen LogP contribution in [0.3, 0.4) is 0 Å². The van der Waals surface area contributed by atoms with Crippen molar-refractivity contribution in [1.82, 2.24) is 9.97 Å². The highest BCUT2D eigenvalue weighted by Gasteiger charge is 2.36. The lowest BCUT2D eigenvalue weighted by Gasteiger charge is -2.23. The van der Waals surface area contributed by atoms with Crippen LogP contribution < -0.4 is 4.90 Å². The lowest BCUT2D eigenvalue weighted by molar-refractivity contribution is -0.144. The van der Waals surface area contributed by atoms with Crippen molar-refractivity contribution >= 4 is 16.7 Å². The monoisotopic (exact) mass is 303 g/mol. The number of alkyl halides is 3. The molecule has 1 aromatic carbocycles. The van der Waals surface area contributed by atoms with E-state index in [0.29, 0.717) is 6.54 Å². The zero-order chi connectivity index (χ0) is 15.6. The first-order valence-corrected chi connectivity index (χ1v) is 6.27. The number of hydrogen-bond acceptors (Lipinski definition) is 4. The summed E-state index contributed by atoms with van der Waals surface area (Å²) in [5.74, 6) is -1.91. The molecule has 2 aromatic rings. The molecule has 4 nitrogen and oxygen atoms in total. The van der Waals surface area contributed by atoms with E-state index in [9.17, 15) is 17.6 Å². The van der Waals surface area contributed by atoms with Gasteiger partial charge in [-0.25, -0.2) is 14.4 Å². The fraction of sp³-hybridized carbons (Fsp3) is 0.385. The molecule has 2 rings (SSSR count). The Hall–Kier alpha value is -1.96. The van der Waals surface area contributed by atoms with Crippen molar-refractivity contribution < 1.29 is 22.7 Å². The van der Waals surface area contributed by atoms with Crippen molar-refractivity contribution in [2.75, 3.05) is 24.6 Å². The van der Waals surface area contributed by atoms with Crippen LogP contribution in [0, 0.1) is 5.82 Å². The Morgan fingerprint density at radius 1 is 1.24 bits per heavy atom. The zero-order valence-corrected chi connectivity index (χ0v) is 11.2. The van der Waals surface area contributed by atoms with Crippen LogP contribution in [-0.4, -0.2) is 34.8 Å². The largest absolute Gasteiger partial charge is 0.451 e. The third-order valence-electron chi connectivity index (χ3n) is 2.94. The summed E-state index contributed by atoms with van der Waals surface area (Å²) in [4.78, 5) is 8.39. The smallest absolute Gasteiger partial charge is 0.395 e. The van der Waals surface area contributed by atoms with Crippen molar-refractivity contribution in [3.8, 4) is 0 Å². The van der Waals surface area contributed by atoms with E-state index in [1.807, 2.05) is 0 Å². The quantitative estimate of drug-likeness (QED) is 0.882. The summed E-state index contributed by atoms with van der Waals surface area (Å²) in [6, 6.07) is 3.31. The predicted molar refractivity (Wildman–Crippen MR) is 69.5 cm³/mol. The molecule has 1 aromatic heterocycles. The number of aliphatic hydroxyl groups is 1. The third kappa shape index (κ3) is 3.21. The van der Waals surface area contributed by atoms with Crippen molar-refractivity contribution in [1.29, 1.82) is 0 Å². The number of halogens is 4. The Morgan fingerprint density at radius 2 is 1.95 bits per heavy atom. The molecular formula is C13H13F4N3O. The molecular weight excluding hydrogens is 290 g/mol. The van der Waals surface area contributed by atoms with Gasteiger partial charge in [-0.15, -0.1) is 0 Å². The van der Waals surface area contributed by atoms with Crippen LogP contribution >= 0.6 is 0 Å². The summed E-state index contributed by atoms with van der Waals surface area (Å²) < 4.78 is 51.9. The van der Waals surface area contributed by atoms with Crippen molar-refractivity contribution in [3.05, 3.63) is 29.8 Å². The van der Waals surface area contributed by atoms with Gasteiger partial charge in [-0.2, -0.15) is 13.2 Å². The second-order valence-corrected chi connectivity index (χ2v) is 4.33. The number of fused-ring (bicyclic) bond motifs is 1. The molecule has 8 heteroatoms. The molecule has 0 fully saturated rings. The molecule has 0 atom stereocenters. The molecule has 0 amide bonds.